The second-order valence-corrected chi connectivity index (χ2v) is 6.62. The predicted molar refractivity (Wildman–Crippen MR) is 99.0 cm³/mol. The minimum Gasteiger partial charge on any atom is -0.378 e. The Hall–Kier alpha value is -2.08. The molecular formula is C19H29N3O3. The van der Waals surface area contributed by atoms with Crippen LogP contribution in [0.2, 0.25) is 0 Å². The Kier molecular flexibility index (Phi) is 7.25. The molecule has 1 saturated heterocycles. The van der Waals surface area contributed by atoms with Crippen LogP contribution < -0.4 is 16.0 Å². The van der Waals surface area contributed by atoms with Crippen LogP contribution >= 0.6 is 0 Å². The van der Waals surface area contributed by atoms with Crippen molar-refractivity contribution in [1.29, 1.82) is 0 Å². The number of anilines is 1. The Labute approximate surface area is 149 Å². The number of aryl methyl sites for hydroxylation is 1. The lowest BCUT2D eigenvalue weighted by Crippen LogP contribution is -2.32. The standard InChI is InChI=1S/C19H29N3O3/c1-4-14(3)21-18(23)15-7-8-17(13(2)12-15)22-19(24)20-10-9-16-6-5-11-25-16/h7-8,12,14,16H,4-6,9-11H2,1-3H3,(H,21,23)(H2,20,22,24). The molecule has 0 bridgehead atoms. The molecule has 2 atom stereocenters. The molecule has 2 unspecified atom stereocenters. The predicted octanol–water partition coefficient (Wildman–Crippen LogP) is 3.21. The summed E-state index contributed by atoms with van der Waals surface area (Å²) < 4.78 is 5.53. The zero-order chi connectivity index (χ0) is 18.2. The van der Waals surface area contributed by atoms with Crippen LogP contribution in [0.5, 0.6) is 0 Å². The number of benzene rings is 1. The van der Waals surface area contributed by atoms with Gasteiger partial charge in [0.15, 0.2) is 0 Å². The molecule has 1 aliphatic rings. The third-order valence-electron chi connectivity index (χ3n) is 4.50. The van der Waals surface area contributed by atoms with E-state index in [4.69, 9.17) is 4.74 Å². The second kappa shape index (κ2) is 9.42. The largest absolute Gasteiger partial charge is 0.378 e. The molecule has 3 amide bonds. The molecule has 0 aliphatic carbocycles. The van der Waals surface area contributed by atoms with E-state index in [0.717, 1.165) is 37.9 Å². The van der Waals surface area contributed by atoms with E-state index < -0.39 is 0 Å². The number of carbonyl (C=O) groups excluding carboxylic acids is 2. The van der Waals surface area contributed by atoms with Gasteiger partial charge >= 0.3 is 6.03 Å². The highest BCUT2D eigenvalue weighted by atomic mass is 16.5. The lowest BCUT2D eigenvalue weighted by Gasteiger charge is -2.14. The van der Waals surface area contributed by atoms with Crippen molar-refractivity contribution in [3.8, 4) is 0 Å². The molecule has 0 saturated carbocycles. The van der Waals surface area contributed by atoms with E-state index in [9.17, 15) is 9.59 Å². The first kappa shape index (κ1) is 19.2. The monoisotopic (exact) mass is 347 g/mol. The molecule has 1 fully saturated rings. The van der Waals surface area contributed by atoms with E-state index in [1.54, 1.807) is 18.2 Å². The Morgan fingerprint density at radius 2 is 2.16 bits per heavy atom. The minimum absolute atomic E-state index is 0.0926. The molecule has 1 aromatic rings. The normalized spacial score (nSPS) is 17.8. The average molecular weight is 347 g/mol. The molecule has 0 aromatic heterocycles. The van der Waals surface area contributed by atoms with Crippen LogP contribution in [0.4, 0.5) is 10.5 Å². The SMILES string of the molecule is CCC(C)NC(=O)c1ccc(NC(=O)NCCC2CCCO2)c(C)c1. The third-order valence-corrected chi connectivity index (χ3v) is 4.50. The smallest absolute Gasteiger partial charge is 0.319 e. The van der Waals surface area contributed by atoms with Gasteiger partial charge in [0.25, 0.3) is 5.91 Å². The maximum absolute atomic E-state index is 12.1. The Morgan fingerprint density at radius 1 is 1.36 bits per heavy atom. The van der Waals surface area contributed by atoms with Crippen molar-refractivity contribution in [3.63, 3.8) is 0 Å². The summed E-state index contributed by atoms with van der Waals surface area (Å²) in [6, 6.07) is 5.19. The molecule has 0 spiro atoms. The van der Waals surface area contributed by atoms with Crippen LogP contribution in [0.3, 0.4) is 0 Å². The van der Waals surface area contributed by atoms with E-state index in [1.807, 2.05) is 20.8 Å². The van der Waals surface area contributed by atoms with Crippen LogP contribution in [0.1, 0.15) is 55.5 Å². The second-order valence-electron chi connectivity index (χ2n) is 6.62. The van der Waals surface area contributed by atoms with Crippen molar-refractivity contribution < 1.29 is 14.3 Å². The van der Waals surface area contributed by atoms with Gasteiger partial charge in [-0.2, -0.15) is 0 Å². The van der Waals surface area contributed by atoms with Gasteiger partial charge in [-0.1, -0.05) is 6.92 Å². The molecule has 0 radical (unpaired) electrons. The van der Waals surface area contributed by atoms with Gasteiger partial charge in [-0.15, -0.1) is 0 Å². The van der Waals surface area contributed by atoms with E-state index >= 15 is 0 Å². The first-order valence-corrected chi connectivity index (χ1v) is 9.07. The fourth-order valence-corrected chi connectivity index (χ4v) is 2.74. The zero-order valence-corrected chi connectivity index (χ0v) is 15.4. The molecule has 3 N–H and O–H groups in total. The van der Waals surface area contributed by atoms with Crippen molar-refractivity contribution in [2.24, 2.45) is 0 Å². The summed E-state index contributed by atoms with van der Waals surface area (Å²) in [7, 11) is 0. The van der Waals surface area contributed by atoms with Gasteiger partial charge in [0, 0.05) is 30.4 Å². The summed E-state index contributed by atoms with van der Waals surface area (Å²) in [5, 5.41) is 8.62. The summed E-state index contributed by atoms with van der Waals surface area (Å²) in [4.78, 5) is 24.1. The third kappa shape index (κ3) is 6.05. The number of ether oxygens (including phenoxy) is 1. The summed E-state index contributed by atoms with van der Waals surface area (Å²) in [5.74, 6) is -0.0926. The highest BCUT2D eigenvalue weighted by molar-refractivity contribution is 5.96. The van der Waals surface area contributed by atoms with Crippen LogP contribution in [0.25, 0.3) is 0 Å². The number of amides is 3. The molecule has 1 heterocycles. The van der Waals surface area contributed by atoms with Gasteiger partial charge in [0.1, 0.15) is 0 Å². The number of nitrogens with one attached hydrogen (secondary N) is 3. The summed E-state index contributed by atoms with van der Waals surface area (Å²) in [5.41, 5.74) is 2.16. The molecule has 138 valence electrons. The Bertz CT molecular complexity index is 598. The molecular weight excluding hydrogens is 318 g/mol. The Balaban J connectivity index is 1.83. The Morgan fingerprint density at radius 3 is 2.80 bits per heavy atom. The lowest BCUT2D eigenvalue weighted by molar-refractivity contribution is 0.0939. The van der Waals surface area contributed by atoms with Crippen molar-refractivity contribution in [3.05, 3.63) is 29.3 Å². The fraction of sp³-hybridized carbons (Fsp3) is 0.579. The van der Waals surface area contributed by atoms with E-state index in [-0.39, 0.29) is 24.1 Å². The number of hydrogen-bond donors (Lipinski definition) is 3. The molecule has 2 rings (SSSR count). The molecule has 1 aromatic carbocycles. The molecule has 6 nitrogen and oxygen atoms in total. The fourth-order valence-electron chi connectivity index (χ4n) is 2.74. The number of carbonyl (C=O) groups is 2. The maximum Gasteiger partial charge on any atom is 0.319 e. The van der Waals surface area contributed by atoms with Crippen molar-refractivity contribution in [2.75, 3.05) is 18.5 Å². The first-order valence-electron chi connectivity index (χ1n) is 9.07. The molecule has 25 heavy (non-hydrogen) atoms. The molecule has 6 heteroatoms. The van der Waals surface area contributed by atoms with Crippen LogP contribution in [0.15, 0.2) is 18.2 Å². The van der Waals surface area contributed by atoms with Crippen LogP contribution in [0, 0.1) is 6.92 Å². The van der Waals surface area contributed by atoms with Gasteiger partial charge in [-0.3, -0.25) is 4.79 Å². The summed E-state index contributed by atoms with van der Waals surface area (Å²) in [6.07, 6.45) is 4.16. The van der Waals surface area contributed by atoms with Crippen LogP contribution in [-0.2, 0) is 4.74 Å². The quantitative estimate of drug-likeness (QED) is 0.708. The van der Waals surface area contributed by atoms with E-state index in [2.05, 4.69) is 16.0 Å². The highest BCUT2D eigenvalue weighted by Crippen LogP contribution is 2.17. The van der Waals surface area contributed by atoms with Crippen molar-refractivity contribution in [2.45, 2.75) is 58.6 Å². The minimum atomic E-state index is -0.238. The van der Waals surface area contributed by atoms with Gasteiger partial charge in [-0.25, -0.2) is 4.79 Å². The summed E-state index contributed by atoms with van der Waals surface area (Å²) >= 11 is 0. The zero-order valence-electron chi connectivity index (χ0n) is 15.4. The number of urea groups is 1. The topological polar surface area (TPSA) is 79.5 Å². The first-order chi connectivity index (χ1) is 12.0. The van der Waals surface area contributed by atoms with E-state index in [1.165, 1.54) is 0 Å². The maximum atomic E-state index is 12.1. The van der Waals surface area contributed by atoms with Gasteiger partial charge < -0.3 is 20.7 Å². The van der Waals surface area contributed by atoms with Gasteiger partial charge in [-0.05, 0) is 63.3 Å². The van der Waals surface area contributed by atoms with Crippen molar-refractivity contribution in [1.82, 2.24) is 10.6 Å². The molecule has 1 aliphatic heterocycles. The van der Waals surface area contributed by atoms with Crippen molar-refractivity contribution >= 4 is 17.6 Å². The number of hydrogen-bond acceptors (Lipinski definition) is 3. The number of rotatable bonds is 7. The highest BCUT2D eigenvalue weighted by Gasteiger charge is 2.15. The van der Waals surface area contributed by atoms with Gasteiger partial charge in [0.2, 0.25) is 0 Å². The van der Waals surface area contributed by atoms with Crippen LogP contribution in [-0.4, -0.2) is 37.2 Å². The summed E-state index contributed by atoms with van der Waals surface area (Å²) in [6.45, 7) is 7.29. The van der Waals surface area contributed by atoms with E-state index in [0.29, 0.717) is 17.8 Å². The average Bonchev–Trinajstić information content (AvgIpc) is 3.09. The lowest BCUT2D eigenvalue weighted by atomic mass is 10.1. The van der Waals surface area contributed by atoms with Gasteiger partial charge in [0.05, 0.1) is 6.10 Å².